The first-order valence-electron chi connectivity index (χ1n) is 9.09. The molecular weight excluding hydrogens is 386 g/mol. The molecule has 2 N–H and O–H groups in total. The number of hydrogen-bond acceptors (Lipinski definition) is 4. The lowest BCUT2D eigenvalue weighted by Gasteiger charge is -2.24. The molecule has 0 saturated carbocycles. The van der Waals surface area contributed by atoms with E-state index in [2.05, 4.69) is 6.07 Å². The van der Waals surface area contributed by atoms with Gasteiger partial charge in [0.1, 0.15) is 17.1 Å². The number of furan rings is 1. The number of ether oxygens (including phenoxy) is 1. The fourth-order valence-corrected chi connectivity index (χ4v) is 4.12. The second-order valence-electron chi connectivity index (χ2n) is 6.94. The molecule has 144 valence electrons. The van der Waals surface area contributed by atoms with E-state index in [1.807, 2.05) is 42.5 Å². The summed E-state index contributed by atoms with van der Waals surface area (Å²) in [6, 6.07) is 22.3. The zero-order chi connectivity index (χ0) is 20.0. The smallest absolute Gasteiger partial charge is 0.238 e. The Morgan fingerprint density at radius 2 is 1.62 bits per heavy atom. The zero-order valence-electron chi connectivity index (χ0n) is 15.3. The Hall–Kier alpha value is -3.35. The van der Waals surface area contributed by atoms with Crippen molar-refractivity contribution in [2.45, 2.75) is 11.3 Å². The van der Waals surface area contributed by atoms with Crippen molar-refractivity contribution in [3.05, 3.63) is 95.7 Å². The predicted molar refractivity (Wildman–Crippen MR) is 112 cm³/mol. The summed E-state index contributed by atoms with van der Waals surface area (Å²) < 4.78 is 34.9. The molecule has 0 saturated heterocycles. The summed E-state index contributed by atoms with van der Waals surface area (Å²) in [5.74, 6) is 1.50. The predicted octanol–water partition coefficient (Wildman–Crippen LogP) is 4.58. The summed E-state index contributed by atoms with van der Waals surface area (Å²) in [7, 11) is -3.75. The lowest BCUT2D eigenvalue weighted by atomic mass is 9.91. The average molecular weight is 403 g/mol. The van der Waals surface area contributed by atoms with E-state index >= 15 is 0 Å². The number of fused-ring (bicyclic) bond motifs is 2. The number of allylic oxidation sites excluding steroid dienone is 1. The van der Waals surface area contributed by atoms with Crippen LogP contribution >= 0.6 is 0 Å². The minimum Gasteiger partial charge on any atom is -0.464 e. The maximum absolute atomic E-state index is 11.6. The standard InChI is InChI=1S/C23H17NO4S/c24-29(25,26)19-8-5-15(6-9-19)23-20(14-17-3-1-2-4-22(17)28-23)16-7-10-21-18(13-16)11-12-27-21/h1-13H,14H2,(H2,24,25,26). The van der Waals surface area contributed by atoms with Crippen LogP contribution in [0.25, 0.3) is 22.3 Å². The Morgan fingerprint density at radius 3 is 2.41 bits per heavy atom. The number of nitrogens with two attached hydrogens (primary N) is 1. The van der Waals surface area contributed by atoms with E-state index in [1.54, 1.807) is 18.4 Å². The van der Waals surface area contributed by atoms with Gasteiger partial charge in [-0.25, -0.2) is 13.6 Å². The summed E-state index contributed by atoms with van der Waals surface area (Å²) in [6.45, 7) is 0. The first-order valence-corrected chi connectivity index (χ1v) is 10.6. The van der Waals surface area contributed by atoms with Crippen LogP contribution in [0.4, 0.5) is 0 Å². The first-order chi connectivity index (χ1) is 14.0. The van der Waals surface area contributed by atoms with E-state index in [0.29, 0.717) is 12.2 Å². The minimum atomic E-state index is -3.75. The third-order valence-electron chi connectivity index (χ3n) is 5.07. The van der Waals surface area contributed by atoms with Gasteiger partial charge in [-0.3, -0.25) is 0 Å². The Balaban J connectivity index is 1.68. The number of benzene rings is 3. The molecule has 3 aromatic carbocycles. The molecule has 1 aliphatic heterocycles. The highest BCUT2D eigenvalue weighted by molar-refractivity contribution is 7.89. The second kappa shape index (κ2) is 6.62. The van der Waals surface area contributed by atoms with Gasteiger partial charge in [-0.2, -0.15) is 0 Å². The molecule has 0 aliphatic carbocycles. The molecule has 5 rings (SSSR count). The van der Waals surface area contributed by atoms with Gasteiger partial charge < -0.3 is 9.15 Å². The van der Waals surface area contributed by atoms with Gasteiger partial charge in [-0.1, -0.05) is 24.3 Å². The lowest BCUT2D eigenvalue weighted by molar-refractivity contribution is 0.502. The molecule has 2 heterocycles. The fraction of sp³-hybridized carbons (Fsp3) is 0.0435. The van der Waals surface area contributed by atoms with E-state index < -0.39 is 10.0 Å². The van der Waals surface area contributed by atoms with Crippen molar-refractivity contribution >= 4 is 32.3 Å². The van der Waals surface area contributed by atoms with Crippen LogP contribution in [-0.4, -0.2) is 8.42 Å². The minimum absolute atomic E-state index is 0.0689. The molecular formula is C23H17NO4S. The molecule has 0 atom stereocenters. The summed E-state index contributed by atoms with van der Waals surface area (Å²) in [6.07, 6.45) is 2.37. The van der Waals surface area contributed by atoms with Crippen molar-refractivity contribution in [3.8, 4) is 5.75 Å². The Bertz CT molecular complexity index is 1370. The summed E-state index contributed by atoms with van der Waals surface area (Å²) in [4.78, 5) is 0.0689. The number of para-hydroxylation sites is 1. The van der Waals surface area contributed by atoms with E-state index in [0.717, 1.165) is 39.0 Å². The monoisotopic (exact) mass is 403 g/mol. The van der Waals surface area contributed by atoms with Crippen LogP contribution in [0.15, 0.2) is 88.4 Å². The molecule has 0 amide bonds. The van der Waals surface area contributed by atoms with Crippen LogP contribution in [0, 0.1) is 0 Å². The van der Waals surface area contributed by atoms with Gasteiger partial charge in [0.2, 0.25) is 10.0 Å². The van der Waals surface area contributed by atoms with Crippen LogP contribution in [0.5, 0.6) is 5.75 Å². The highest BCUT2D eigenvalue weighted by atomic mass is 32.2. The van der Waals surface area contributed by atoms with Gasteiger partial charge in [-0.05, 0) is 59.7 Å². The number of primary sulfonamides is 1. The fourth-order valence-electron chi connectivity index (χ4n) is 3.61. The number of rotatable bonds is 3. The quantitative estimate of drug-likeness (QED) is 0.543. The summed E-state index contributed by atoms with van der Waals surface area (Å²) >= 11 is 0. The SMILES string of the molecule is NS(=O)(=O)c1ccc(C2=C(c3ccc4occc4c3)Cc3ccccc3O2)cc1. The van der Waals surface area contributed by atoms with Crippen molar-refractivity contribution in [1.82, 2.24) is 0 Å². The third-order valence-corrected chi connectivity index (χ3v) is 6.00. The van der Waals surface area contributed by atoms with Crippen LogP contribution in [-0.2, 0) is 16.4 Å². The Morgan fingerprint density at radius 1 is 0.862 bits per heavy atom. The maximum atomic E-state index is 11.6. The van der Waals surface area contributed by atoms with Gasteiger partial charge in [0.15, 0.2) is 0 Å². The van der Waals surface area contributed by atoms with Gasteiger partial charge >= 0.3 is 0 Å². The van der Waals surface area contributed by atoms with Crippen molar-refractivity contribution < 1.29 is 17.6 Å². The van der Waals surface area contributed by atoms with Gasteiger partial charge in [0.25, 0.3) is 0 Å². The largest absolute Gasteiger partial charge is 0.464 e. The normalized spacial score (nSPS) is 14.0. The molecule has 1 aromatic heterocycles. The first kappa shape index (κ1) is 17.7. The Kier molecular flexibility index (Phi) is 4.04. The third kappa shape index (κ3) is 3.22. The molecule has 5 nitrogen and oxygen atoms in total. The molecule has 0 bridgehead atoms. The molecule has 4 aromatic rings. The molecule has 1 aliphatic rings. The van der Waals surface area contributed by atoms with Crippen molar-refractivity contribution in [1.29, 1.82) is 0 Å². The van der Waals surface area contributed by atoms with E-state index in [9.17, 15) is 8.42 Å². The van der Waals surface area contributed by atoms with E-state index in [1.165, 1.54) is 12.1 Å². The zero-order valence-corrected chi connectivity index (χ0v) is 16.1. The van der Waals surface area contributed by atoms with E-state index in [4.69, 9.17) is 14.3 Å². The molecule has 0 unspecified atom stereocenters. The molecule has 0 radical (unpaired) electrons. The van der Waals surface area contributed by atoms with Crippen molar-refractivity contribution in [2.24, 2.45) is 5.14 Å². The molecule has 29 heavy (non-hydrogen) atoms. The van der Waals surface area contributed by atoms with Crippen LogP contribution in [0.1, 0.15) is 16.7 Å². The highest BCUT2D eigenvalue weighted by Crippen LogP contribution is 2.39. The topological polar surface area (TPSA) is 82.5 Å². The van der Waals surface area contributed by atoms with Crippen molar-refractivity contribution in [3.63, 3.8) is 0 Å². The van der Waals surface area contributed by atoms with Gasteiger partial charge in [0.05, 0.1) is 11.2 Å². The van der Waals surface area contributed by atoms with Crippen LogP contribution in [0.3, 0.4) is 0 Å². The van der Waals surface area contributed by atoms with Crippen molar-refractivity contribution in [2.75, 3.05) is 0 Å². The van der Waals surface area contributed by atoms with Crippen LogP contribution < -0.4 is 9.88 Å². The summed E-state index contributed by atoms with van der Waals surface area (Å²) in [5, 5.41) is 6.24. The number of sulfonamides is 1. The number of hydrogen-bond donors (Lipinski definition) is 1. The lowest BCUT2D eigenvalue weighted by Crippen LogP contribution is -2.12. The van der Waals surface area contributed by atoms with Gasteiger partial charge in [0, 0.05) is 22.9 Å². The second-order valence-corrected chi connectivity index (χ2v) is 8.50. The highest BCUT2D eigenvalue weighted by Gasteiger charge is 2.23. The van der Waals surface area contributed by atoms with Gasteiger partial charge in [-0.15, -0.1) is 0 Å². The summed E-state index contributed by atoms with van der Waals surface area (Å²) in [5.41, 5.74) is 4.76. The molecule has 6 heteroatoms. The molecule has 0 fully saturated rings. The average Bonchev–Trinajstić information content (AvgIpc) is 3.20. The van der Waals surface area contributed by atoms with Crippen LogP contribution in [0.2, 0.25) is 0 Å². The Labute approximate surface area is 168 Å². The van der Waals surface area contributed by atoms with E-state index in [-0.39, 0.29) is 4.90 Å². The maximum Gasteiger partial charge on any atom is 0.238 e. The molecule has 0 spiro atoms.